The highest BCUT2D eigenvalue weighted by Crippen LogP contribution is 2.41. The molecule has 3 saturated heterocycles. The topological polar surface area (TPSA) is 85.4 Å². The number of halogens is 2. The number of rotatable bonds is 10. The van der Waals surface area contributed by atoms with E-state index < -0.39 is 5.54 Å². The highest BCUT2D eigenvalue weighted by atomic mass is 35.5. The number of carbonyl (C=O) groups is 3. The second-order valence-corrected chi connectivity index (χ2v) is 14.6. The minimum absolute atomic E-state index is 0.0503. The van der Waals surface area contributed by atoms with Gasteiger partial charge in [-0.2, -0.15) is 0 Å². The Hall–Kier alpha value is -3.63. The van der Waals surface area contributed by atoms with Crippen LogP contribution in [0.2, 0.25) is 10.0 Å². The number of urea groups is 1. The number of piperidine rings is 1. The molecule has 0 spiro atoms. The highest BCUT2D eigenvalue weighted by molar-refractivity contribution is 6.42. The number of amides is 3. The molecule has 3 aliphatic heterocycles. The van der Waals surface area contributed by atoms with Crippen molar-refractivity contribution >= 4 is 41.1 Å². The van der Waals surface area contributed by atoms with Crippen molar-refractivity contribution < 1.29 is 19.1 Å². The molecule has 0 bridgehead atoms. The first-order valence-electron chi connectivity index (χ1n) is 17.7. The molecule has 0 aliphatic carbocycles. The fourth-order valence-corrected chi connectivity index (χ4v) is 8.07. The number of esters is 1. The second kappa shape index (κ2) is 16.1. The summed E-state index contributed by atoms with van der Waals surface area (Å²) in [6.45, 7) is 8.60. The number of hydrogen-bond donors (Lipinski definition) is 1. The predicted molar refractivity (Wildman–Crippen MR) is 197 cm³/mol. The molecular weight excluding hydrogens is 673 g/mol. The normalized spacial score (nSPS) is 21.2. The van der Waals surface area contributed by atoms with Gasteiger partial charge in [0.1, 0.15) is 0 Å². The summed E-state index contributed by atoms with van der Waals surface area (Å²) in [5.41, 5.74) is 2.19. The Labute approximate surface area is 305 Å². The molecule has 3 amide bonds. The molecule has 3 aromatic rings. The second-order valence-electron chi connectivity index (χ2n) is 13.8. The van der Waals surface area contributed by atoms with E-state index in [9.17, 15) is 14.4 Å². The van der Waals surface area contributed by atoms with E-state index in [4.69, 9.17) is 27.9 Å². The number of carbonyl (C=O) groups excluding carboxylic acids is 3. The zero-order valence-corrected chi connectivity index (χ0v) is 30.3. The molecule has 11 heteroatoms. The summed E-state index contributed by atoms with van der Waals surface area (Å²) < 4.78 is 5.10. The van der Waals surface area contributed by atoms with Crippen LogP contribution in [0.3, 0.4) is 0 Å². The molecule has 1 N–H and O–H groups in total. The van der Waals surface area contributed by atoms with Gasteiger partial charge in [-0.05, 0) is 74.5 Å². The van der Waals surface area contributed by atoms with Gasteiger partial charge < -0.3 is 24.8 Å². The lowest BCUT2D eigenvalue weighted by Gasteiger charge is -2.45. The van der Waals surface area contributed by atoms with Crippen molar-refractivity contribution in [2.45, 2.75) is 43.6 Å². The van der Waals surface area contributed by atoms with E-state index >= 15 is 0 Å². The number of benzene rings is 3. The van der Waals surface area contributed by atoms with Crippen molar-refractivity contribution in [3.63, 3.8) is 0 Å². The molecule has 3 heterocycles. The molecule has 3 aromatic carbocycles. The van der Waals surface area contributed by atoms with E-state index in [2.05, 4.69) is 28.4 Å². The number of piperazine rings is 1. The predicted octanol–water partition coefficient (Wildman–Crippen LogP) is 6.05. The van der Waals surface area contributed by atoms with Crippen LogP contribution in [0, 0.1) is 0 Å². The minimum Gasteiger partial charge on any atom is -0.465 e. The van der Waals surface area contributed by atoms with Crippen LogP contribution in [-0.2, 0) is 20.5 Å². The van der Waals surface area contributed by atoms with Gasteiger partial charge in [0.2, 0.25) is 0 Å². The van der Waals surface area contributed by atoms with Gasteiger partial charge in [-0.15, -0.1) is 0 Å². The molecule has 266 valence electrons. The van der Waals surface area contributed by atoms with Crippen LogP contribution in [0.5, 0.6) is 0 Å². The molecule has 6 rings (SSSR count). The average molecular weight is 721 g/mol. The Kier molecular flexibility index (Phi) is 11.7. The number of hydrogen-bond acceptors (Lipinski definition) is 6. The third-order valence-corrected chi connectivity index (χ3v) is 11.5. The molecule has 1 atom stereocenters. The number of nitrogens with zero attached hydrogens (tertiary/aromatic N) is 4. The maximum absolute atomic E-state index is 13.7. The smallest absolute Gasteiger partial charge is 0.320 e. The summed E-state index contributed by atoms with van der Waals surface area (Å²) in [5, 5.41) is 4.52. The lowest BCUT2D eigenvalue weighted by Crippen LogP contribution is -2.59. The zero-order valence-electron chi connectivity index (χ0n) is 28.8. The van der Waals surface area contributed by atoms with Crippen LogP contribution in [0.15, 0.2) is 78.9 Å². The third kappa shape index (κ3) is 8.28. The summed E-state index contributed by atoms with van der Waals surface area (Å²) in [7, 11) is 0. The van der Waals surface area contributed by atoms with E-state index in [1.54, 1.807) is 6.92 Å². The zero-order chi connectivity index (χ0) is 35.1. The lowest BCUT2D eigenvalue weighted by atomic mass is 9.76. The molecule has 50 heavy (non-hydrogen) atoms. The molecule has 0 aromatic heterocycles. The molecule has 9 nitrogen and oxygen atoms in total. The van der Waals surface area contributed by atoms with Crippen LogP contribution in [0.25, 0.3) is 0 Å². The van der Waals surface area contributed by atoms with Crippen LogP contribution < -0.4 is 5.32 Å². The van der Waals surface area contributed by atoms with Gasteiger partial charge in [-0.3, -0.25) is 14.5 Å². The van der Waals surface area contributed by atoms with E-state index in [1.807, 2.05) is 75.4 Å². The van der Waals surface area contributed by atoms with Crippen molar-refractivity contribution in [2.75, 3.05) is 72.1 Å². The van der Waals surface area contributed by atoms with Gasteiger partial charge in [0.15, 0.2) is 0 Å². The van der Waals surface area contributed by atoms with Gasteiger partial charge in [0, 0.05) is 63.3 Å². The molecule has 1 unspecified atom stereocenters. The number of nitrogens with one attached hydrogen (secondary N) is 1. The van der Waals surface area contributed by atoms with Crippen molar-refractivity contribution in [3.05, 3.63) is 106 Å². The molecule has 0 saturated carbocycles. The SMILES string of the molecule is CCOC(=O)CN1CCN(C(=O)NC2(c3ccccc3)CCN(CCC3(c4ccc(Cl)c(Cl)c4)CCN(C(=O)c4ccccc4)C3)CC2)CC1. The average Bonchev–Trinajstić information content (AvgIpc) is 3.59. The lowest BCUT2D eigenvalue weighted by molar-refractivity contribution is -0.144. The summed E-state index contributed by atoms with van der Waals surface area (Å²) in [6.07, 6.45) is 3.27. The van der Waals surface area contributed by atoms with E-state index in [-0.39, 0.29) is 29.9 Å². The first kappa shape index (κ1) is 36.2. The summed E-state index contributed by atoms with van der Waals surface area (Å²) in [6, 6.07) is 25.6. The van der Waals surface area contributed by atoms with Crippen LogP contribution in [0.4, 0.5) is 4.79 Å². The monoisotopic (exact) mass is 719 g/mol. The Morgan fingerprint density at radius 2 is 1.42 bits per heavy atom. The Morgan fingerprint density at radius 3 is 2.08 bits per heavy atom. The minimum atomic E-state index is -0.482. The van der Waals surface area contributed by atoms with Crippen molar-refractivity contribution in [1.82, 2.24) is 24.9 Å². The van der Waals surface area contributed by atoms with Crippen LogP contribution >= 0.6 is 23.2 Å². The number of likely N-dealkylation sites (tertiary alicyclic amines) is 2. The Morgan fingerprint density at radius 1 is 0.740 bits per heavy atom. The Balaban J connectivity index is 1.12. The molecule has 0 radical (unpaired) electrons. The molecular formula is C39H47Cl2N5O4. The van der Waals surface area contributed by atoms with Gasteiger partial charge in [0.05, 0.1) is 28.7 Å². The first-order valence-corrected chi connectivity index (χ1v) is 18.5. The maximum Gasteiger partial charge on any atom is 0.320 e. The van der Waals surface area contributed by atoms with E-state index in [0.717, 1.165) is 56.4 Å². The van der Waals surface area contributed by atoms with Crippen LogP contribution in [-0.4, -0.2) is 110 Å². The van der Waals surface area contributed by atoms with Crippen LogP contribution in [0.1, 0.15) is 54.1 Å². The first-order chi connectivity index (χ1) is 24.2. The van der Waals surface area contributed by atoms with Gasteiger partial charge >= 0.3 is 12.0 Å². The quantitative estimate of drug-likeness (QED) is 0.257. The maximum atomic E-state index is 13.7. The van der Waals surface area contributed by atoms with Crippen molar-refractivity contribution in [1.29, 1.82) is 0 Å². The summed E-state index contributed by atoms with van der Waals surface area (Å²) in [5.74, 6) is -0.177. The fraction of sp³-hybridized carbons (Fsp3) is 0.462. The van der Waals surface area contributed by atoms with E-state index in [1.165, 1.54) is 0 Å². The fourth-order valence-electron chi connectivity index (χ4n) is 7.77. The Bertz CT molecular complexity index is 1630. The van der Waals surface area contributed by atoms with Gasteiger partial charge in [-0.25, -0.2) is 4.79 Å². The summed E-state index contributed by atoms with van der Waals surface area (Å²) in [4.78, 5) is 47.6. The van der Waals surface area contributed by atoms with E-state index in [0.29, 0.717) is 61.5 Å². The largest absolute Gasteiger partial charge is 0.465 e. The standard InChI is InChI=1S/C39H47Cl2N5O4/c1-2-50-35(47)28-44-23-25-45(26-24-44)37(49)42-39(31-11-7-4-8-12-31)17-20-43(21-18-39)19-15-38(32-13-14-33(40)34(41)27-32)16-22-46(29-38)36(48)30-9-5-3-6-10-30/h3-14,27H,2,15-26,28-29H2,1H3,(H,42,49). The molecule has 3 fully saturated rings. The van der Waals surface area contributed by atoms with Gasteiger partial charge in [0.25, 0.3) is 5.91 Å². The van der Waals surface area contributed by atoms with Gasteiger partial charge in [-0.1, -0.05) is 77.8 Å². The third-order valence-electron chi connectivity index (χ3n) is 10.8. The van der Waals surface area contributed by atoms with Crippen molar-refractivity contribution in [2.24, 2.45) is 0 Å². The highest BCUT2D eigenvalue weighted by Gasteiger charge is 2.43. The number of ether oxygens (including phenoxy) is 1. The summed E-state index contributed by atoms with van der Waals surface area (Å²) >= 11 is 12.9. The molecule has 3 aliphatic rings. The van der Waals surface area contributed by atoms with Crippen molar-refractivity contribution in [3.8, 4) is 0 Å².